The molecule has 1 unspecified atom stereocenters. The van der Waals surface area contributed by atoms with E-state index < -0.39 is 18.2 Å². The number of allylic oxidation sites excluding steroid dienone is 1. The minimum atomic E-state index is -4.89. The van der Waals surface area contributed by atoms with E-state index in [0.717, 1.165) is 50.9 Å². The van der Waals surface area contributed by atoms with Gasteiger partial charge in [-0.15, -0.1) is 13.2 Å². The summed E-state index contributed by atoms with van der Waals surface area (Å²) in [6.07, 6.45) is -0.900. The van der Waals surface area contributed by atoms with Crippen LogP contribution in [0.3, 0.4) is 0 Å². The fraction of sp³-hybridized carbons (Fsp3) is 0.583. The highest BCUT2D eigenvalue weighted by atomic mass is 19.4. The number of anilines is 1. The molecule has 1 saturated heterocycles. The van der Waals surface area contributed by atoms with Crippen molar-refractivity contribution in [2.45, 2.75) is 52.6 Å². The number of halogens is 3. The van der Waals surface area contributed by atoms with E-state index in [-0.39, 0.29) is 11.7 Å². The quantitative estimate of drug-likeness (QED) is 0.513. The average Bonchev–Trinajstić information content (AvgIpc) is 3.22. The molecule has 1 fully saturated rings. The van der Waals surface area contributed by atoms with Crippen molar-refractivity contribution in [3.05, 3.63) is 36.6 Å². The zero-order chi connectivity index (χ0) is 25.8. The van der Waals surface area contributed by atoms with Crippen LogP contribution in [-0.4, -0.2) is 68.5 Å². The Bertz CT molecular complexity index is 1000. The Hall–Kier alpha value is -2.79. The van der Waals surface area contributed by atoms with Gasteiger partial charge < -0.3 is 25.0 Å². The number of hydrogen-bond acceptors (Lipinski definition) is 7. The summed E-state index contributed by atoms with van der Waals surface area (Å²) in [6.45, 7) is 15.7. The summed E-state index contributed by atoms with van der Waals surface area (Å²) in [4.78, 5) is 13.1. The molecule has 8 nitrogen and oxygen atoms in total. The van der Waals surface area contributed by atoms with Crippen molar-refractivity contribution in [3.8, 4) is 17.0 Å². The fourth-order valence-corrected chi connectivity index (χ4v) is 4.10. The molecule has 0 bridgehead atoms. The Labute approximate surface area is 204 Å². The number of aromatic nitrogens is 3. The molecule has 2 aromatic heterocycles. The first-order valence-corrected chi connectivity index (χ1v) is 11.9. The second kappa shape index (κ2) is 11.3. The number of nitrogens with zero attached hydrogens (tertiary/aromatic N) is 5. The van der Waals surface area contributed by atoms with Crippen molar-refractivity contribution >= 4 is 5.82 Å². The van der Waals surface area contributed by atoms with Crippen LogP contribution in [0.25, 0.3) is 11.3 Å². The van der Waals surface area contributed by atoms with Crippen LogP contribution in [0.2, 0.25) is 0 Å². The summed E-state index contributed by atoms with van der Waals surface area (Å²) in [7, 11) is 0. The van der Waals surface area contributed by atoms with Crippen molar-refractivity contribution in [3.63, 3.8) is 0 Å². The van der Waals surface area contributed by atoms with Gasteiger partial charge in [-0.1, -0.05) is 27.4 Å². The number of pyridine rings is 1. The number of rotatable bonds is 10. The van der Waals surface area contributed by atoms with Gasteiger partial charge in [-0.3, -0.25) is 4.90 Å². The van der Waals surface area contributed by atoms with Gasteiger partial charge in [0.25, 0.3) is 0 Å². The molecule has 35 heavy (non-hydrogen) atoms. The van der Waals surface area contributed by atoms with Crippen LogP contribution in [0.5, 0.6) is 5.75 Å². The fourth-order valence-electron chi connectivity index (χ4n) is 4.10. The van der Waals surface area contributed by atoms with Crippen LogP contribution in [0.15, 0.2) is 30.7 Å². The monoisotopic (exact) mass is 496 g/mol. The average molecular weight is 497 g/mol. The predicted octanol–water partition coefficient (Wildman–Crippen LogP) is 4.05. The van der Waals surface area contributed by atoms with Crippen LogP contribution in [0.4, 0.5) is 19.0 Å². The minimum Gasteiger partial charge on any atom is -0.402 e. The molecule has 3 rings (SSSR count). The molecule has 3 heterocycles. The van der Waals surface area contributed by atoms with E-state index >= 15 is 0 Å². The van der Waals surface area contributed by atoms with Gasteiger partial charge in [-0.2, -0.15) is 0 Å². The molecule has 0 saturated carbocycles. The van der Waals surface area contributed by atoms with E-state index in [1.54, 1.807) is 6.20 Å². The molecular formula is C24H35F3N6O2. The summed E-state index contributed by atoms with van der Waals surface area (Å²) < 4.78 is 44.0. The van der Waals surface area contributed by atoms with Gasteiger partial charge in [0, 0.05) is 62.8 Å². The van der Waals surface area contributed by atoms with Crippen LogP contribution in [0, 0.1) is 5.92 Å². The highest BCUT2D eigenvalue weighted by Gasteiger charge is 2.32. The molecule has 0 spiro atoms. The lowest BCUT2D eigenvalue weighted by molar-refractivity contribution is -0.274. The van der Waals surface area contributed by atoms with Crippen LogP contribution in [0.1, 0.15) is 45.5 Å². The molecule has 0 radical (unpaired) electrons. The van der Waals surface area contributed by atoms with Gasteiger partial charge in [0.05, 0.1) is 5.69 Å². The van der Waals surface area contributed by atoms with E-state index in [0.29, 0.717) is 30.0 Å². The Balaban J connectivity index is 1.78. The number of hydrogen-bond donors (Lipinski definition) is 2. The summed E-state index contributed by atoms with van der Waals surface area (Å²) in [5.74, 6) is -0.632. The Morgan fingerprint density at radius 2 is 1.91 bits per heavy atom. The standard InChI is InChI=1S/C24H35F3N6O2/c1-5-7-31-9-11-32(12-10-31)17(4)6-8-33-15-19(30-23(33)21(34)16(2)3)18-13-20(22(28)29-14-18)35-24(25,26)27/h13-16,21,34H,4-12H2,1-3H3,(H2,28,29). The van der Waals surface area contributed by atoms with E-state index in [1.165, 1.54) is 6.20 Å². The molecule has 0 amide bonds. The second-order valence-corrected chi connectivity index (χ2v) is 9.17. The number of aryl methyl sites for hydroxylation is 1. The first-order valence-electron chi connectivity index (χ1n) is 11.9. The number of aliphatic hydroxyl groups excluding tert-OH is 1. The lowest BCUT2D eigenvalue weighted by Gasteiger charge is -2.37. The summed E-state index contributed by atoms with van der Waals surface area (Å²) in [5, 5.41) is 10.8. The number of alkyl halides is 3. The zero-order valence-corrected chi connectivity index (χ0v) is 20.6. The number of nitrogen functional groups attached to an aromatic ring is 1. The van der Waals surface area contributed by atoms with Gasteiger partial charge in [0.15, 0.2) is 11.6 Å². The predicted molar refractivity (Wildman–Crippen MR) is 128 cm³/mol. The van der Waals surface area contributed by atoms with E-state index in [2.05, 4.69) is 38.0 Å². The third-order valence-corrected chi connectivity index (χ3v) is 6.11. The number of aliphatic hydroxyl groups is 1. The van der Waals surface area contributed by atoms with Gasteiger partial charge in [0.2, 0.25) is 0 Å². The Morgan fingerprint density at radius 1 is 1.23 bits per heavy atom. The molecule has 0 aliphatic carbocycles. The van der Waals surface area contributed by atoms with Crippen molar-refractivity contribution in [1.82, 2.24) is 24.3 Å². The first-order chi connectivity index (χ1) is 16.5. The van der Waals surface area contributed by atoms with Crippen molar-refractivity contribution in [2.75, 3.05) is 38.5 Å². The zero-order valence-electron chi connectivity index (χ0n) is 20.6. The van der Waals surface area contributed by atoms with Crippen LogP contribution in [-0.2, 0) is 6.54 Å². The van der Waals surface area contributed by atoms with Gasteiger partial charge in [-0.05, 0) is 24.9 Å². The third kappa shape index (κ3) is 7.11. The lowest BCUT2D eigenvalue weighted by atomic mass is 10.1. The molecule has 1 aliphatic rings. The summed E-state index contributed by atoms with van der Waals surface area (Å²) in [6, 6.07) is 1.16. The number of piperazine rings is 1. The molecular weight excluding hydrogens is 461 g/mol. The van der Waals surface area contributed by atoms with E-state index in [9.17, 15) is 18.3 Å². The van der Waals surface area contributed by atoms with E-state index in [4.69, 9.17) is 5.73 Å². The molecule has 11 heteroatoms. The van der Waals surface area contributed by atoms with Crippen molar-refractivity contribution in [2.24, 2.45) is 5.92 Å². The summed E-state index contributed by atoms with van der Waals surface area (Å²) in [5.41, 5.74) is 7.25. The lowest BCUT2D eigenvalue weighted by Crippen LogP contribution is -2.45. The van der Waals surface area contributed by atoms with Crippen LogP contribution < -0.4 is 10.5 Å². The highest BCUT2D eigenvalue weighted by Crippen LogP contribution is 2.32. The second-order valence-electron chi connectivity index (χ2n) is 9.17. The smallest absolute Gasteiger partial charge is 0.402 e. The third-order valence-electron chi connectivity index (χ3n) is 6.11. The minimum absolute atomic E-state index is 0.104. The molecule has 3 N–H and O–H groups in total. The molecule has 2 aromatic rings. The number of ether oxygens (including phenoxy) is 1. The molecule has 1 atom stereocenters. The Morgan fingerprint density at radius 3 is 2.51 bits per heavy atom. The van der Waals surface area contributed by atoms with Crippen LogP contribution >= 0.6 is 0 Å². The maximum Gasteiger partial charge on any atom is 0.573 e. The summed E-state index contributed by atoms with van der Waals surface area (Å²) >= 11 is 0. The number of nitrogens with two attached hydrogens (primary N) is 1. The SMILES string of the molecule is C=C(CCn1cc(-c2cnc(N)c(OC(F)(F)F)c2)nc1C(O)C(C)C)N1CCN(CCC)CC1. The maximum absolute atomic E-state index is 12.7. The highest BCUT2D eigenvalue weighted by molar-refractivity contribution is 5.63. The van der Waals surface area contributed by atoms with Crippen molar-refractivity contribution < 1.29 is 23.0 Å². The molecule has 194 valence electrons. The normalized spacial score (nSPS) is 16.1. The number of imidazole rings is 1. The van der Waals surface area contributed by atoms with Crippen molar-refractivity contribution in [1.29, 1.82) is 0 Å². The topological polar surface area (TPSA) is 92.7 Å². The molecule has 1 aliphatic heterocycles. The first kappa shape index (κ1) is 26.8. The Kier molecular flexibility index (Phi) is 8.65. The maximum atomic E-state index is 12.7. The molecule has 0 aromatic carbocycles. The van der Waals surface area contributed by atoms with E-state index in [1.807, 2.05) is 18.4 Å². The van der Waals surface area contributed by atoms with Gasteiger partial charge in [-0.25, -0.2) is 9.97 Å². The van der Waals surface area contributed by atoms with Gasteiger partial charge >= 0.3 is 6.36 Å². The largest absolute Gasteiger partial charge is 0.573 e. The van der Waals surface area contributed by atoms with Gasteiger partial charge in [0.1, 0.15) is 11.9 Å².